The Morgan fingerprint density at radius 3 is 2.34 bits per heavy atom. The molecule has 0 fully saturated rings. The molecule has 0 aliphatic heterocycles. The fraction of sp³-hybridized carbons (Fsp3) is 0.600. The molecule has 0 amide bonds. The highest BCUT2D eigenvalue weighted by Gasteiger charge is 2.29. The van der Waals surface area contributed by atoms with Crippen LogP contribution in [0.25, 0.3) is 0 Å². The lowest BCUT2D eigenvalue weighted by Crippen LogP contribution is -2.23. The number of allylic oxidation sites excluding steroid dienone is 8. The Balaban J connectivity index is 0.00000298. The van der Waals surface area contributed by atoms with Gasteiger partial charge in [-0.15, -0.1) is 0 Å². The van der Waals surface area contributed by atoms with Crippen molar-refractivity contribution in [1.29, 1.82) is 0 Å². The summed E-state index contributed by atoms with van der Waals surface area (Å²) in [7, 11) is 0. The van der Waals surface area contributed by atoms with Crippen LogP contribution >= 0.6 is 0 Å². The minimum absolute atomic E-state index is 0.0427. The molecule has 0 aromatic heterocycles. The maximum atomic E-state index is 2.54. The van der Waals surface area contributed by atoms with Crippen LogP contribution < -0.4 is 0 Å². The van der Waals surface area contributed by atoms with Gasteiger partial charge >= 0.3 is 0 Å². The quantitative estimate of drug-likeness (QED) is 0.220. The van der Waals surface area contributed by atoms with Crippen LogP contribution in [0.3, 0.4) is 0 Å². The van der Waals surface area contributed by atoms with Gasteiger partial charge in [0.1, 0.15) is 0 Å². The molecular formula is C35H56. The molecule has 1 aliphatic rings. The summed E-state index contributed by atoms with van der Waals surface area (Å²) in [6, 6.07) is 7.39. The van der Waals surface area contributed by atoms with Crippen molar-refractivity contribution in [3.8, 4) is 0 Å². The Morgan fingerprint density at radius 2 is 1.77 bits per heavy atom. The van der Waals surface area contributed by atoms with Crippen LogP contribution in [0.1, 0.15) is 150 Å². The lowest BCUT2D eigenvalue weighted by Gasteiger charge is -2.33. The molecule has 0 nitrogen and oxygen atoms in total. The van der Waals surface area contributed by atoms with Gasteiger partial charge in [-0.3, -0.25) is 0 Å². The molecule has 0 radical (unpaired) electrons. The molecule has 0 N–H and O–H groups in total. The summed E-state index contributed by atoms with van der Waals surface area (Å²) < 4.78 is 0. The maximum absolute atomic E-state index is 2.54. The minimum Gasteiger partial charge on any atom is -0.0850 e. The summed E-state index contributed by atoms with van der Waals surface area (Å²) in [5.41, 5.74) is 10.5. The van der Waals surface area contributed by atoms with Gasteiger partial charge in [-0.1, -0.05) is 126 Å². The van der Waals surface area contributed by atoms with Gasteiger partial charge in [-0.2, -0.15) is 0 Å². The monoisotopic (exact) mass is 476 g/mol. The zero-order chi connectivity index (χ0) is 26.6. The molecule has 0 heterocycles. The van der Waals surface area contributed by atoms with E-state index in [4.69, 9.17) is 0 Å². The van der Waals surface area contributed by atoms with Crippen molar-refractivity contribution in [3.63, 3.8) is 0 Å². The van der Waals surface area contributed by atoms with Gasteiger partial charge in [0.15, 0.2) is 0 Å². The Bertz CT molecular complexity index is 900. The summed E-state index contributed by atoms with van der Waals surface area (Å²) in [5, 5.41) is 0. The van der Waals surface area contributed by atoms with Crippen molar-refractivity contribution >= 4 is 0 Å². The van der Waals surface area contributed by atoms with Crippen LogP contribution in [-0.4, -0.2) is 0 Å². The van der Waals surface area contributed by atoms with Crippen molar-refractivity contribution in [2.24, 2.45) is 0 Å². The molecular weight excluding hydrogens is 420 g/mol. The largest absolute Gasteiger partial charge is 0.0850 e. The van der Waals surface area contributed by atoms with Gasteiger partial charge in [-0.05, 0) is 82.4 Å². The van der Waals surface area contributed by atoms with Crippen LogP contribution in [-0.2, 0) is 5.41 Å². The van der Waals surface area contributed by atoms with E-state index in [9.17, 15) is 0 Å². The molecule has 1 aromatic carbocycles. The standard InChI is InChI=1S/C33H50.C2H6/c1-10-12-13-14-24(3)15-18-27(6)31-23-30(29-19-16-25(4)17-20-29)21-22-32(31)33(8,9)28(7)26(5)11-2;1-2/h15-17,19,21-23,27,29H,10-14,18,20H2,1-9H3;1-2H3/b24-15+,28-26?;. The number of unbranched alkanes of at least 4 members (excludes halogenated alkanes) is 2. The van der Waals surface area contributed by atoms with Crippen LogP contribution in [0.4, 0.5) is 0 Å². The molecule has 1 aliphatic carbocycles. The maximum Gasteiger partial charge on any atom is 0.0108 e. The molecule has 0 bridgehead atoms. The summed E-state index contributed by atoms with van der Waals surface area (Å²) in [6.07, 6.45) is 18.1. The molecule has 0 saturated heterocycles. The van der Waals surface area contributed by atoms with Crippen molar-refractivity contribution in [3.05, 3.63) is 81.5 Å². The van der Waals surface area contributed by atoms with Crippen LogP contribution in [0, 0.1) is 0 Å². The van der Waals surface area contributed by atoms with E-state index in [0.29, 0.717) is 11.8 Å². The average Bonchev–Trinajstić information content (AvgIpc) is 2.87. The first kappa shape index (κ1) is 31.2. The Hall–Kier alpha value is -1.82. The van der Waals surface area contributed by atoms with Gasteiger partial charge < -0.3 is 0 Å². The molecule has 35 heavy (non-hydrogen) atoms. The number of hydrogen-bond acceptors (Lipinski definition) is 0. The summed E-state index contributed by atoms with van der Waals surface area (Å²) in [4.78, 5) is 0. The lowest BCUT2D eigenvalue weighted by atomic mass is 9.71. The smallest absolute Gasteiger partial charge is 0.0108 e. The van der Waals surface area contributed by atoms with Gasteiger partial charge in [0, 0.05) is 11.3 Å². The zero-order valence-electron chi connectivity index (χ0n) is 25.1. The third-order valence-corrected chi connectivity index (χ3v) is 8.10. The van der Waals surface area contributed by atoms with Gasteiger partial charge in [-0.25, -0.2) is 0 Å². The Kier molecular flexibility index (Phi) is 13.7. The van der Waals surface area contributed by atoms with Gasteiger partial charge in [0.25, 0.3) is 0 Å². The summed E-state index contributed by atoms with van der Waals surface area (Å²) in [6.45, 7) is 25.0. The number of rotatable bonds is 11. The minimum atomic E-state index is 0.0427. The van der Waals surface area contributed by atoms with E-state index in [0.717, 1.165) is 19.3 Å². The molecule has 0 spiro atoms. The highest BCUT2D eigenvalue weighted by atomic mass is 14.3. The molecule has 0 heteroatoms. The van der Waals surface area contributed by atoms with Gasteiger partial charge in [0.05, 0.1) is 0 Å². The van der Waals surface area contributed by atoms with E-state index in [2.05, 4.69) is 105 Å². The van der Waals surface area contributed by atoms with Crippen molar-refractivity contribution in [2.45, 2.75) is 138 Å². The highest BCUT2D eigenvalue weighted by molar-refractivity contribution is 5.46. The van der Waals surface area contributed by atoms with Crippen LogP contribution in [0.15, 0.2) is 64.8 Å². The van der Waals surface area contributed by atoms with E-state index in [1.807, 2.05) is 13.8 Å². The second kappa shape index (κ2) is 15.3. The van der Waals surface area contributed by atoms with E-state index >= 15 is 0 Å². The zero-order valence-corrected chi connectivity index (χ0v) is 25.1. The van der Waals surface area contributed by atoms with Crippen LogP contribution in [0.5, 0.6) is 0 Å². The topological polar surface area (TPSA) is 0 Å². The predicted octanol–water partition coefficient (Wildman–Crippen LogP) is 11.7. The molecule has 2 unspecified atom stereocenters. The molecule has 1 aromatic rings. The van der Waals surface area contributed by atoms with Crippen molar-refractivity contribution in [1.82, 2.24) is 0 Å². The number of benzene rings is 1. The third-order valence-electron chi connectivity index (χ3n) is 8.10. The molecule has 0 saturated carbocycles. The first-order chi connectivity index (χ1) is 16.6. The van der Waals surface area contributed by atoms with E-state index < -0.39 is 0 Å². The molecule has 196 valence electrons. The summed E-state index contributed by atoms with van der Waals surface area (Å²) in [5.74, 6) is 1.01. The van der Waals surface area contributed by atoms with E-state index in [-0.39, 0.29) is 5.41 Å². The summed E-state index contributed by atoms with van der Waals surface area (Å²) >= 11 is 0. The number of hydrogen-bond donors (Lipinski definition) is 0. The first-order valence-corrected chi connectivity index (χ1v) is 14.4. The SMILES string of the molecule is CC.CCCCC/C(C)=C/CC(C)c1cc(C2C=CC(C)=CC2)ccc1C(C)(C)C(C)=C(C)CC. The second-order valence-corrected chi connectivity index (χ2v) is 11.0. The lowest BCUT2D eigenvalue weighted by molar-refractivity contribution is 0.592. The fourth-order valence-corrected chi connectivity index (χ4v) is 5.02. The first-order valence-electron chi connectivity index (χ1n) is 14.4. The average molecular weight is 477 g/mol. The van der Waals surface area contributed by atoms with E-state index in [1.54, 1.807) is 5.57 Å². The Labute approximate surface area is 219 Å². The molecule has 2 atom stereocenters. The predicted molar refractivity (Wildman–Crippen MR) is 161 cm³/mol. The second-order valence-electron chi connectivity index (χ2n) is 11.0. The third kappa shape index (κ3) is 8.96. The van der Waals surface area contributed by atoms with E-state index in [1.165, 1.54) is 59.1 Å². The van der Waals surface area contributed by atoms with Gasteiger partial charge in [0.2, 0.25) is 0 Å². The van der Waals surface area contributed by atoms with Crippen molar-refractivity contribution < 1.29 is 0 Å². The van der Waals surface area contributed by atoms with Crippen molar-refractivity contribution in [2.75, 3.05) is 0 Å². The van der Waals surface area contributed by atoms with Crippen LogP contribution in [0.2, 0.25) is 0 Å². The Morgan fingerprint density at radius 1 is 1.09 bits per heavy atom. The normalized spacial score (nSPS) is 17.9. The molecule has 2 rings (SSSR count). The highest BCUT2D eigenvalue weighted by Crippen LogP contribution is 2.41. The fourth-order valence-electron chi connectivity index (χ4n) is 5.02.